The van der Waals surface area contributed by atoms with E-state index in [1.807, 2.05) is 25.1 Å². The van der Waals surface area contributed by atoms with Gasteiger partial charge in [0.05, 0.1) is 0 Å². The zero-order valence-electron chi connectivity index (χ0n) is 9.54. The van der Waals surface area contributed by atoms with Gasteiger partial charge >= 0.3 is 0 Å². The molecule has 0 heterocycles. The molecule has 0 saturated heterocycles. The Morgan fingerprint density at radius 1 is 1.12 bits per heavy atom. The first-order valence-electron chi connectivity index (χ1n) is 5.19. The molecule has 0 unspecified atom stereocenters. The normalized spacial score (nSPS) is 9.62. The minimum atomic E-state index is -0.108. The minimum absolute atomic E-state index is 0.0925. The molecule has 0 radical (unpaired) electrons. The Kier molecular flexibility index (Phi) is 4.51. The highest BCUT2D eigenvalue weighted by atomic mass is 16.2. The van der Waals surface area contributed by atoms with Crippen LogP contribution in [0.15, 0.2) is 24.3 Å². The van der Waals surface area contributed by atoms with E-state index in [2.05, 4.69) is 10.6 Å². The summed E-state index contributed by atoms with van der Waals surface area (Å²) in [4.78, 5) is 22.3. The van der Waals surface area contributed by atoms with Crippen LogP contribution in [0.1, 0.15) is 22.8 Å². The molecule has 0 saturated carbocycles. The number of amides is 2. The molecule has 16 heavy (non-hydrogen) atoms. The zero-order valence-corrected chi connectivity index (χ0v) is 9.54. The first kappa shape index (κ1) is 12.2. The van der Waals surface area contributed by atoms with Gasteiger partial charge in [0.1, 0.15) is 0 Å². The summed E-state index contributed by atoms with van der Waals surface area (Å²) in [5.41, 5.74) is 1.62. The van der Waals surface area contributed by atoms with Gasteiger partial charge in [-0.05, 0) is 18.6 Å². The maximum Gasteiger partial charge on any atom is 0.251 e. The van der Waals surface area contributed by atoms with Crippen molar-refractivity contribution < 1.29 is 9.59 Å². The van der Waals surface area contributed by atoms with Gasteiger partial charge in [-0.25, -0.2) is 0 Å². The Morgan fingerprint density at radius 2 is 1.75 bits per heavy atom. The monoisotopic (exact) mass is 220 g/mol. The first-order chi connectivity index (χ1) is 7.61. The van der Waals surface area contributed by atoms with Crippen molar-refractivity contribution >= 4 is 11.8 Å². The maximum absolute atomic E-state index is 11.7. The summed E-state index contributed by atoms with van der Waals surface area (Å²) in [6.45, 7) is 4.23. The van der Waals surface area contributed by atoms with E-state index in [1.165, 1.54) is 6.92 Å². The molecular weight excluding hydrogens is 204 g/mol. The Morgan fingerprint density at radius 3 is 2.38 bits per heavy atom. The summed E-state index contributed by atoms with van der Waals surface area (Å²) in [5.74, 6) is -0.200. The SMILES string of the molecule is CC(=O)NCCNC(=O)c1ccccc1C. The van der Waals surface area contributed by atoms with Crippen LogP contribution in [0.4, 0.5) is 0 Å². The highest BCUT2D eigenvalue weighted by Gasteiger charge is 2.06. The average molecular weight is 220 g/mol. The van der Waals surface area contributed by atoms with Crippen LogP contribution in [0.2, 0.25) is 0 Å². The van der Waals surface area contributed by atoms with Crippen LogP contribution in [0.5, 0.6) is 0 Å². The fraction of sp³-hybridized carbons (Fsp3) is 0.333. The molecule has 0 bridgehead atoms. The van der Waals surface area contributed by atoms with E-state index in [0.29, 0.717) is 18.7 Å². The molecule has 0 spiro atoms. The molecule has 0 fully saturated rings. The number of hydrogen-bond donors (Lipinski definition) is 2. The summed E-state index contributed by atoms with van der Waals surface area (Å²) < 4.78 is 0. The first-order valence-corrected chi connectivity index (χ1v) is 5.19. The molecule has 1 aromatic rings. The molecular formula is C12H16N2O2. The van der Waals surface area contributed by atoms with Gasteiger partial charge in [-0.1, -0.05) is 18.2 Å². The van der Waals surface area contributed by atoms with Gasteiger partial charge < -0.3 is 10.6 Å². The Bertz CT molecular complexity index is 388. The van der Waals surface area contributed by atoms with Crippen LogP contribution < -0.4 is 10.6 Å². The van der Waals surface area contributed by atoms with Crippen molar-refractivity contribution in [3.63, 3.8) is 0 Å². The number of carbonyl (C=O) groups is 2. The number of carbonyl (C=O) groups excluding carboxylic acids is 2. The lowest BCUT2D eigenvalue weighted by atomic mass is 10.1. The lowest BCUT2D eigenvalue weighted by molar-refractivity contribution is -0.118. The number of nitrogens with one attached hydrogen (secondary N) is 2. The van der Waals surface area contributed by atoms with Gasteiger partial charge in [0, 0.05) is 25.6 Å². The van der Waals surface area contributed by atoms with Gasteiger partial charge in [0.2, 0.25) is 5.91 Å². The van der Waals surface area contributed by atoms with Crippen molar-refractivity contribution in [1.82, 2.24) is 10.6 Å². The smallest absolute Gasteiger partial charge is 0.251 e. The van der Waals surface area contributed by atoms with Crippen LogP contribution >= 0.6 is 0 Å². The van der Waals surface area contributed by atoms with Crippen LogP contribution in [-0.2, 0) is 4.79 Å². The van der Waals surface area contributed by atoms with Gasteiger partial charge in [0.25, 0.3) is 5.91 Å². The molecule has 1 aromatic carbocycles. The minimum Gasteiger partial charge on any atom is -0.355 e. The quantitative estimate of drug-likeness (QED) is 0.739. The molecule has 2 N–H and O–H groups in total. The second kappa shape index (κ2) is 5.90. The number of aryl methyl sites for hydroxylation is 1. The molecule has 0 aliphatic heterocycles. The van der Waals surface area contributed by atoms with E-state index in [4.69, 9.17) is 0 Å². The molecule has 0 aliphatic rings. The predicted molar refractivity (Wildman–Crippen MR) is 62.2 cm³/mol. The van der Waals surface area contributed by atoms with Crippen molar-refractivity contribution in [3.05, 3.63) is 35.4 Å². The van der Waals surface area contributed by atoms with Crippen molar-refractivity contribution in [2.75, 3.05) is 13.1 Å². The summed E-state index contributed by atoms with van der Waals surface area (Å²) in [5, 5.41) is 5.35. The van der Waals surface area contributed by atoms with E-state index >= 15 is 0 Å². The zero-order chi connectivity index (χ0) is 12.0. The molecule has 0 aliphatic carbocycles. The summed E-state index contributed by atoms with van der Waals surface area (Å²) in [7, 11) is 0. The predicted octanol–water partition coefficient (Wildman–Crippen LogP) is 0.861. The van der Waals surface area contributed by atoms with E-state index in [1.54, 1.807) is 6.07 Å². The number of benzene rings is 1. The van der Waals surface area contributed by atoms with E-state index in [0.717, 1.165) is 5.56 Å². The van der Waals surface area contributed by atoms with Gasteiger partial charge in [-0.3, -0.25) is 9.59 Å². The van der Waals surface area contributed by atoms with Crippen LogP contribution in [-0.4, -0.2) is 24.9 Å². The fourth-order valence-electron chi connectivity index (χ4n) is 1.34. The molecule has 4 nitrogen and oxygen atoms in total. The van der Waals surface area contributed by atoms with Crippen molar-refractivity contribution in [3.8, 4) is 0 Å². The van der Waals surface area contributed by atoms with E-state index in [-0.39, 0.29) is 11.8 Å². The highest BCUT2D eigenvalue weighted by Crippen LogP contribution is 2.05. The Labute approximate surface area is 95.0 Å². The molecule has 0 atom stereocenters. The van der Waals surface area contributed by atoms with Crippen LogP contribution in [0.25, 0.3) is 0 Å². The molecule has 86 valence electrons. The fourth-order valence-corrected chi connectivity index (χ4v) is 1.34. The van der Waals surface area contributed by atoms with E-state index in [9.17, 15) is 9.59 Å². The second-order valence-corrected chi connectivity index (χ2v) is 3.55. The third-order valence-corrected chi connectivity index (χ3v) is 2.17. The summed E-state index contributed by atoms with van der Waals surface area (Å²) >= 11 is 0. The van der Waals surface area contributed by atoms with Gasteiger partial charge in [-0.2, -0.15) is 0 Å². The summed E-state index contributed by atoms with van der Waals surface area (Å²) in [6.07, 6.45) is 0. The van der Waals surface area contributed by atoms with Gasteiger partial charge in [0.15, 0.2) is 0 Å². The number of hydrogen-bond acceptors (Lipinski definition) is 2. The number of rotatable bonds is 4. The van der Waals surface area contributed by atoms with Gasteiger partial charge in [-0.15, -0.1) is 0 Å². The standard InChI is InChI=1S/C12H16N2O2/c1-9-5-3-4-6-11(9)12(16)14-8-7-13-10(2)15/h3-6H,7-8H2,1-2H3,(H,13,15)(H,14,16). The third-order valence-electron chi connectivity index (χ3n) is 2.17. The highest BCUT2D eigenvalue weighted by molar-refractivity contribution is 5.95. The topological polar surface area (TPSA) is 58.2 Å². The average Bonchev–Trinajstić information content (AvgIpc) is 2.24. The van der Waals surface area contributed by atoms with Crippen LogP contribution in [0, 0.1) is 6.92 Å². The lowest BCUT2D eigenvalue weighted by Gasteiger charge is -2.07. The Balaban J connectivity index is 2.41. The molecule has 0 aromatic heterocycles. The lowest BCUT2D eigenvalue weighted by Crippen LogP contribution is -2.33. The van der Waals surface area contributed by atoms with Crippen molar-refractivity contribution in [2.24, 2.45) is 0 Å². The van der Waals surface area contributed by atoms with Crippen LogP contribution in [0.3, 0.4) is 0 Å². The van der Waals surface area contributed by atoms with E-state index < -0.39 is 0 Å². The Hall–Kier alpha value is -1.84. The molecule has 1 rings (SSSR count). The second-order valence-electron chi connectivity index (χ2n) is 3.55. The molecule has 4 heteroatoms. The summed E-state index contributed by atoms with van der Waals surface area (Å²) in [6, 6.07) is 7.39. The molecule has 2 amide bonds. The maximum atomic E-state index is 11.7. The largest absolute Gasteiger partial charge is 0.355 e. The van der Waals surface area contributed by atoms with Crippen molar-refractivity contribution in [1.29, 1.82) is 0 Å². The van der Waals surface area contributed by atoms with Crippen molar-refractivity contribution in [2.45, 2.75) is 13.8 Å². The third kappa shape index (κ3) is 3.73.